The molecule has 155 valence electrons. The molecule has 0 aliphatic heterocycles. The van der Waals surface area contributed by atoms with Crippen LogP contribution in [0.2, 0.25) is 13.1 Å². The number of unbranched alkanes of at least 4 members (excludes halogenated alkanes) is 2. The molecule has 0 nitrogen and oxygen atoms in total. The van der Waals surface area contributed by atoms with Crippen molar-refractivity contribution in [2.24, 2.45) is 0 Å². The molecule has 0 spiro atoms. The van der Waals surface area contributed by atoms with Crippen molar-refractivity contribution >= 4 is 12.0 Å². The number of benzene rings is 2. The van der Waals surface area contributed by atoms with Crippen molar-refractivity contribution in [3.8, 4) is 11.1 Å². The number of hydrogen-bond acceptors (Lipinski definition) is 0. The number of hydrogen-bond donors (Lipinski definition) is 0. The van der Waals surface area contributed by atoms with Gasteiger partial charge in [0.05, 0.1) is 0 Å². The van der Waals surface area contributed by atoms with Crippen molar-refractivity contribution in [3.63, 3.8) is 0 Å². The summed E-state index contributed by atoms with van der Waals surface area (Å²) >= 11 is -0.355. The van der Waals surface area contributed by atoms with Gasteiger partial charge in [-0.2, -0.15) is 0 Å². The normalized spacial score (nSPS) is 14.5. The predicted molar refractivity (Wildman–Crippen MR) is 118 cm³/mol. The summed E-state index contributed by atoms with van der Waals surface area (Å²) in [5.74, 6) is -0.0780. The number of aryl methyl sites for hydroxylation is 1. The second kappa shape index (κ2) is 13.3. The number of fused-ring (bicyclic) bond motifs is 1. The molecule has 1 unspecified atom stereocenters. The Bertz CT molecular complexity index is 784. The van der Waals surface area contributed by atoms with Gasteiger partial charge in [0.15, 0.2) is 0 Å². The Morgan fingerprint density at radius 1 is 0.862 bits per heavy atom. The van der Waals surface area contributed by atoms with Crippen molar-refractivity contribution < 1.29 is 47.2 Å². The van der Waals surface area contributed by atoms with E-state index < -0.39 is 0 Å². The Kier molecular flexibility index (Phi) is 12.3. The first-order valence-electron chi connectivity index (χ1n) is 10.6. The molecule has 0 aromatic heterocycles. The fourth-order valence-electron chi connectivity index (χ4n) is 4.00. The summed E-state index contributed by atoms with van der Waals surface area (Å²) in [6.45, 7) is 9.65. The second-order valence-electron chi connectivity index (χ2n) is 8.01. The van der Waals surface area contributed by atoms with Gasteiger partial charge >= 0.3 is 179 Å². The maximum absolute atomic E-state index is 2.58. The van der Waals surface area contributed by atoms with Crippen molar-refractivity contribution in [2.75, 3.05) is 0 Å². The Morgan fingerprint density at radius 3 is 2.14 bits per heavy atom. The number of rotatable bonds is 9. The van der Waals surface area contributed by atoms with E-state index >= 15 is 0 Å². The molecule has 0 saturated heterocycles. The van der Waals surface area contributed by atoms with E-state index in [4.69, 9.17) is 0 Å². The first-order chi connectivity index (χ1) is 13.1. The van der Waals surface area contributed by atoms with Crippen molar-refractivity contribution in [1.82, 2.24) is 0 Å². The molecule has 3 rings (SSSR count). The smallest absolute Gasteiger partial charge is 1.00 e. The predicted octanol–water partition coefficient (Wildman–Crippen LogP) is 1.67. The fourth-order valence-corrected chi connectivity index (χ4v) is 12.9. The van der Waals surface area contributed by atoms with E-state index in [2.05, 4.69) is 75.5 Å². The average Bonchev–Trinajstić information content (AvgIpc) is 3.02. The second-order valence-corrected chi connectivity index (χ2v) is 21.2. The number of halogens is 2. The minimum atomic E-state index is -0.355. The summed E-state index contributed by atoms with van der Waals surface area (Å²) in [5, 5.41) is 0. The molecular formula is C25H33Cl2SiZr. The maximum atomic E-state index is 2.58. The molecule has 1 aliphatic rings. The summed E-state index contributed by atoms with van der Waals surface area (Å²) in [5.41, 5.74) is 9.28. The van der Waals surface area contributed by atoms with Crippen LogP contribution in [0, 0.1) is 0 Å². The van der Waals surface area contributed by atoms with E-state index in [1.807, 2.05) is 0 Å². The molecule has 1 atom stereocenters. The molecule has 2 aromatic carbocycles. The largest absolute Gasteiger partial charge is 1.00 e. The zero-order chi connectivity index (χ0) is 19.2. The van der Waals surface area contributed by atoms with E-state index in [0.717, 1.165) is 3.63 Å². The SMILES string of the molecule is CCCCC1=Cc2c(-c3ccc(CCCC)cc3)cccc2[CH]1[Zr+2][Si](C)C.[Cl-].[Cl-]. The van der Waals surface area contributed by atoms with E-state index in [0.29, 0.717) is 0 Å². The van der Waals surface area contributed by atoms with Crippen LogP contribution in [-0.2, 0) is 28.8 Å². The van der Waals surface area contributed by atoms with Gasteiger partial charge < -0.3 is 24.8 Å². The van der Waals surface area contributed by atoms with Gasteiger partial charge in [0.1, 0.15) is 0 Å². The Labute approximate surface area is 202 Å². The van der Waals surface area contributed by atoms with Crippen LogP contribution in [0.4, 0.5) is 0 Å². The quantitative estimate of drug-likeness (QED) is 0.439. The van der Waals surface area contributed by atoms with Crippen LogP contribution in [0.3, 0.4) is 0 Å². The summed E-state index contributed by atoms with van der Waals surface area (Å²) in [6.07, 6.45) is 10.3. The summed E-state index contributed by atoms with van der Waals surface area (Å²) in [4.78, 5) is 0. The van der Waals surface area contributed by atoms with Gasteiger partial charge in [0.2, 0.25) is 0 Å². The van der Waals surface area contributed by atoms with Crippen LogP contribution in [0.5, 0.6) is 0 Å². The molecule has 0 N–H and O–H groups in total. The Hall–Kier alpha value is -0.140. The standard InChI is InChI=1S/C23H27.C2H6Si.2ClH.Zr/c1-3-5-8-18-12-14-20(15-13-18)22-11-7-10-21-16-19(9-6-4-2)17-23(21)22;1-3-2;;;/h7,10-17H,3-6,8-9H2,1-2H3;1-2H3;2*1H;/q;;;;+2/p-2. The zero-order valence-corrected chi connectivity index (χ0v) is 23.2. The number of allylic oxidation sites excluding steroid dienone is 1. The topological polar surface area (TPSA) is 0 Å². The fraction of sp³-hybridized carbons (Fsp3) is 0.440. The molecule has 0 heterocycles. The summed E-state index contributed by atoms with van der Waals surface area (Å²) in [6, 6.07) is 16.5. The first-order valence-corrected chi connectivity index (χ1v) is 18.2. The van der Waals surface area contributed by atoms with E-state index in [9.17, 15) is 0 Å². The molecule has 29 heavy (non-hydrogen) atoms. The van der Waals surface area contributed by atoms with Crippen molar-refractivity contribution in [1.29, 1.82) is 0 Å². The van der Waals surface area contributed by atoms with E-state index in [1.165, 1.54) is 55.2 Å². The monoisotopic (exact) mass is 521 g/mol. The maximum Gasteiger partial charge on any atom is -1.00 e. The van der Waals surface area contributed by atoms with E-state index in [1.54, 1.807) is 16.7 Å². The summed E-state index contributed by atoms with van der Waals surface area (Å²) < 4.78 is 0.836. The molecular weight excluding hydrogens is 490 g/mol. The molecule has 0 amide bonds. The zero-order valence-electron chi connectivity index (χ0n) is 18.2. The third-order valence-electron chi connectivity index (χ3n) is 5.49. The molecule has 0 fully saturated rings. The first kappa shape index (κ1) is 26.9. The minimum Gasteiger partial charge on any atom is -1.00 e. The molecule has 4 heteroatoms. The molecule has 0 bridgehead atoms. The van der Waals surface area contributed by atoms with Crippen LogP contribution in [-0.4, -0.2) is 5.92 Å². The van der Waals surface area contributed by atoms with Crippen molar-refractivity contribution in [2.45, 2.75) is 69.1 Å². The van der Waals surface area contributed by atoms with Crippen LogP contribution in [0.25, 0.3) is 17.2 Å². The van der Waals surface area contributed by atoms with Gasteiger partial charge in [-0.3, -0.25) is 0 Å². The van der Waals surface area contributed by atoms with Crippen LogP contribution >= 0.6 is 0 Å². The van der Waals surface area contributed by atoms with Crippen LogP contribution in [0.1, 0.15) is 66.3 Å². The van der Waals surface area contributed by atoms with Gasteiger partial charge in [-0.1, -0.05) is 0 Å². The van der Waals surface area contributed by atoms with Gasteiger partial charge in [0.25, 0.3) is 0 Å². The Morgan fingerprint density at radius 2 is 1.52 bits per heavy atom. The van der Waals surface area contributed by atoms with Crippen LogP contribution in [0.15, 0.2) is 48.0 Å². The van der Waals surface area contributed by atoms with Crippen molar-refractivity contribution in [3.05, 3.63) is 64.7 Å². The van der Waals surface area contributed by atoms with E-state index in [-0.39, 0.29) is 53.1 Å². The minimum absolute atomic E-state index is 0. The van der Waals surface area contributed by atoms with Crippen LogP contribution < -0.4 is 24.8 Å². The molecule has 1 aliphatic carbocycles. The molecule has 1 radical (unpaired) electrons. The van der Waals surface area contributed by atoms with Gasteiger partial charge in [-0.05, 0) is 0 Å². The molecule has 2 aromatic rings. The van der Waals surface area contributed by atoms with Gasteiger partial charge in [0, 0.05) is 0 Å². The molecule has 0 saturated carbocycles. The average molecular weight is 524 g/mol. The van der Waals surface area contributed by atoms with Gasteiger partial charge in [-0.15, -0.1) is 0 Å². The Balaban J connectivity index is 0.00000210. The summed E-state index contributed by atoms with van der Waals surface area (Å²) in [7, 11) is 0. The third kappa shape index (κ3) is 6.93. The third-order valence-corrected chi connectivity index (χ3v) is 14.4. The van der Waals surface area contributed by atoms with Gasteiger partial charge in [-0.25, -0.2) is 0 Å².